The van der Waals surface area contributed by atoms with Crippen LogP contribution >= 0.6 is 11.8 Å². The van der Waals surface area contributed by atoms with Crippen LogP contribution in [0.25, 0.3) is 22.4 Å². The molecule has 176 valence electrons. The van der Waals surface area contributed by atoms with E-state index in [2.05, 4.69) is 15.5 Å². The summed E-state index contributed by atoms with van der Waals surface area (Å²) >= 11 is 1.11. The lowest BCUT2D eigenvalue weighted by atomic mass is 10.2. The van der Waals surface area contributed by atoms with Crippen molar-refractivity contribution in [3.8, 4) is 5.69 Å². The summed E-state index contributed by atoms with van der Waals surface area (Å²) in [4.78, 5) is 26.1. The van der Waals surface area contributed by atoms with Crippen LogP contribution in [0.3, 0.4) is 0 Å². The molecule has 1 N–H and O–H groups in total. The fourth-order valence-corrected chi connectivity index (χ4v) is 4.57. The molecule has 0 saturated carbocycles. The topological polar surface area (TPSA) is 81.3 Å². The number of carbonyl (C=O) groups is 1. The van der Waals surface area contributed by atoms with E-state index < -0.39 is 22.8 Å². The Labute approximate surface area is 202 Å². The number of aromatic nitrogens is 4. The van der Waals surface area contributed by atoms with Gasteiger partial charge < -0.3 is 5.32 Å². The number of amides is 1. The normalized spacial score (nSPS) is 12.2. The first-order valence-corrected chi connectivity index (χ1v) is 11.6. The minimum atomic E-state index is -0.864. The summed E-state index contributed by atoms with van der Waals surface area (Å²) in [7, 11) is 0. The third kappa shape index (κ3) is 4.17. The van der Waals surface area contributed by atoms with Gasteiger partial charge >= 0.3 is 0 Å². The average Bonchev–Trinajstić information content (AvgIpc) is 3.25. The second-order valence-electron chi connectivity index (χ2n) is 7.98. The maximum absolute atomic E-state index is 14.0. The summed E-state index contributed by atoms with van der Waals surface area (Å²) in [6, 6.07) is 17.5. The van der Waals surface area contributed by atoms with Crippen molar-refractivity contribution in [2.75, 3.05) is 5.32 Å². The Bertz CT molecular complexity index is 1650. The molecule has 1 unspecified atom stereocenters. The lowest BCUT2D eigenvalue weighted by Gasteiger charge is -2.14. The SMILES string of the molecule is Cc1ccc(-n2c(=O)c3ccccc3n3c(SC(C)C(=O)Nc4ccc(F)cc4F)nnc23)cc1. The summed E-state index contributed by atoms with van der Waals surface area (Å²) in [5, 5.41) is 11.2. The summed E-state index contributed by atoms with van der Waals surface area (Å²) in [5.74, 6) is -1.79. The minimum Gasteiger partial charge on any atom is -0.323 e. The average molecular weight is 492 g/mol. The van der Waals surface area contributed by atoms with Crippen molar-refractivity contribution in [2.24, 2.45) is 0 Å². The monoisotopic (exact) mass is 491 g/mol. The maximum atomic E-state index is 14.0. The van der Waals surface area contributed by atoms with Crippen LogP contribution in [0.5, 0.6) is 0 Å². The Hall–Kier alpha value is -4.05. The van der Waals surface area contributed by atoms with E-state index in [9.17, 15) is 18.4 Å². The van der Waals surface area contributed by atoms with E-state index in [4.69, 9.17) is 0 Å². The predicted octanol–water partition coefficient (Wildman–Crippen LogP) is 4.74. The number of hydrogen-bond donors (Lipinski definition) is 1. The van der Waals surface area contributed by atoms with Gasteiger partial charge in [0.05, 0.1) is 27.5 Å². The molecule has 5 aromatic rings. The Morgan fingerprint density at radius 1 is 1.03 bits per heavy atom. The number of nitrogens with one attached hydrogen (secondary N) is 1. The molecule has 0 radical (unpaired) electrons. The number of para-hydroxylation sites is 1. The molecule has 0 spiro atoms. The van der Waals surface area contributed by atoms with Gasteiger partial charge in [-0.05, 0) is 50.2 Å². The number of rotatable bonds is 5. The number of carbonyl (C=O) groups excluding carboxylic acids is 1. The van der Waals surface area contributed by atoms with Crippen LogP contribution in [0.2, 0.25) is 0 Å². The van der Waals surface area contributed by atoms with Gasteiger partial charge in [-0.2, -0.15) is 0 Å². The highest BCUT2D eigenvalue weighted by atomic mass is 32.2. The number of hydrogen-bond acceptors (Lipinski definition) is 5. The molecule has 2 aromatic heterocycles. The van der Waals surface area contributed by atoms with Crippen molar-refractivity contribution in [1.82, 2.24) is 19.2 Å². The number of halogens is 2. The molecule has 0 aliphatic heterocycles. The first kappa shape index (κ1) is 22.7. The molecular formula is C25H19F2N5O2S. The van der Waals surface area contributed by atoms with Gasteiger partial charge in [-0.25, -0.2) is 13.3 Å². The second-order valence-corrected chi connectivity index (χ2v) is 9.29. The van der Waals surface area contributed by atoms with Crippen LogP contribution < -0.4 is 10.9 Å². The lowest BCUT2D eigenvalue weighted by molar-refractivity contribution is -0.115. The highest BCUT2D eigenvalue weighted by Gasteiger charge is 2.23. The molecule has 7 nitrogen and oxygen atoms in total. The van der Waals surface area contributed by atoms with E-state index in [1.807, 2.05) is 31.2 Å². The molecule has 0 bridgehead atoms. The Morgan fingerprint density at radius 3 is 2.51 bits per heavy atom. The van der Waals surface area contributed by atoms with E-state index in [1.54, 1.807) is 35.6 Å². The predicted molar refractivity (Wildman–Crippen MR) is 131 cm³/mol. The van der Waals surface area contributed by atoms with Gasteiger partial charge in [0.25, 0.3) is 5.56 Å². The fraction of sp³-hybridized carbons (Fsp3) is 0.120. The van der Waals surface area contributed by atoms with Crippen LogP contribution in [-0.2, 0) is 4.79 Å². The van der Waals surface area contributed by atoms with Crippen molar-refractivity contribution >= 4 is 40.0 Å². The number of aryl methyl sites for hydroxylation is 1. The highest BCUT2D eigenvalue weighted by molar-refractivity contribution is 8.00. The molecule has 2 heterocycles. The van der Waals surface area contributed by atoms with Crippen LogP contribution in [-0.4, -0.2) is 30.3 Å². The number of nitrogens with zero attached hydrogens (tertiary/aromatic N) is 4. The smallest absolute Gasteiger partial charge is 0.267 e. The van der Waals surface area contributed by atoms with Crippen LogP contribution in [0, 0.1) is 18.6 Å². The molecule has 0 fully saturated rings. The van der Waals surface area contributed by atoms with Crippen molar-refractivity contribution in [3.05, 3.63) is 94.3 Å². The Kier molecular flexibility index (Phi) is 5.81. The third-order valence-electron chi connectivity index (χ3n) is 5.53. The zero-order chi connectivity index (χ0) is 24.7. The number of thioether (sulfide) groups is 1. The van der Waals surface area contributed by atoms with E-state index >= 15 is 0 Å². The molecule has 10 heteroatoms. The van der Waals surface area contributed by atoms with Crippen molar-refractivity contribution in [2.45, 2.75) is 24.3 Å². The Morgan fingerprint density at radius 2 is 1.77 bits per heavy atom. The molecule has 3 aromatic carbocycles. The summed E-state index contributed by atoms with van der Waals surface area (Å²) in [6.45, 7) is 3.60. The summed E-state index contributed by atoms with van der Waals surface area (Å²) in [6.07, 6.45) is 0. The van der Waals surface area contributed by atoms with Gasteiger partial charge in [-0.3, -0.25) is 14.0 Å². The summed E-state index contributed by atoms with van der Waals surface area (Å²) < 4.78 is 30.4. The van der Waals surface area contributed by atoms with Gasteiger partial charge in [0, 0.05) is 6.07 Å². The van der Waals surface area contributed by atoms with Gasteiger partial charge in [0.1, 0.15) is 11.6 Å². The van der Waals surface area contributed by atoms with E-state index in [0.717, 1.165) is 23.4 Å². The number of fused-ring (bicyclic) bond motifs is 3. The second kappa shape index (κ2) is 8.95. The van der Waals surface area contributed by atoms with Gasteiger partial charge in [0.2, 0.25) is 11.7 Å². The Balaban J connectivity index is 1.57. The lowest BCUT2D eigenvalue weighted by Crippen LogP contribution is -2.24. The zero-order valence-corrected chi connectivity index (χ0v) is 19.5. The molecule has 1 amide bonds. The largest absolute Gasteiger partial charge is 0.323 e. The number of benzene rings is 3. The third-order valence-corrected chi connectivity index (χ3v) is 6.57. The van der Waals surface area contributed by atoms with Crippen molar-refractivity contribution in [3.63, 3.8) is 0 Å². The van der Waals surface area contributed by atoms with Gasteiger partial charge in [-0.1, -0.05) is 41.6 Å². The molecule has 0 aliphatic carbocycles. The standard InChI is InChI=1S/C25H19F2N5O2S/c1-14-7-10-17(11-8-14)31-23(34)18-5-3-4-6-21(18)32-24(31)29-30-25(32)35-15(2)22(33)28-20-12-9-16(26)13-19(20)27/h3-13,15H,1-2H3,(H,28,33). The van der Waals surface area contributed by atoms with E-state index in [-0.39, 0.29) is 11.2 Å². The van der Waals surface area contributed by atoms with Gasteiger partial charge in [0.15, 0.2) is 5.16 Å². The van der Waals surface area contributed by atoms with Gasteiger partial charge in [-0.15, -0.1) is 10.2 Å². The molecule has 5 rings (SSSR count). The zero-order valence-electron chi connectivity index (χ0n) is 18.7. The fourth-order valence-electron chi connectivity index (χ4n) is 3.72. The van der Waals surface area contributed by atoms with Crippen LogP contribution in [0.15, 0.2) is 76.7 Å². The first-order valence-electron chi connectivity index (χ1n) is 10.7. The van der Waals surface area contributed by atoms with E-state index in [1.165, 1.54) is 10.6 Å². The maximum Gasteiger partial charge on any atom is 0.267 e. The molecular weight excluding hydrogens is 472 g/mol. The molecule has 0 aliphatic rings. The summed E-state index contributed by atoms with van der Waals surface area (Å²) in [5.41, 5.74) is 1.93. The molecule has 1 atom stereocenters. The number of anilines is 1. The van der Waals surface area contributed by atoms with Crippen LogP contribution in [0.4, 0.5) is 14.5 Å². The molecule has 0 saturated heterocycles. The van der Waals surface area contributed by atoms with E-state index in [0.29, 0.717) is 33.6 Å². The quantitative estimate of drug-likeness (QED) is 0.359. The first-order chi connectivity index (χ1) is 16.8. The van der Waals surface area contributed by atoms with Crippen molar-refractivity contribution < 1.29 is 13.6 Å². The van der Waals surface area contributed by atoms with Crippen LogP contribution in [0.1, 0.15) is 12.5 Å². The highest BCUT2D eigenvalue weighted by Crippen LogP contribution is 2.27. The molecule has 35 heavy (non-hydrogen) atoms. The minimum absolute atomic E-state index is 0.117. The van der Waals surface area contributed by atoms with Crippen molar-refractivity contribution in [1.29, 1.82) is 0 Å².